The van der Waals surface area contributed by atoms with E-state index in [0.29, 0.717) is 12.5 Å². The summed E-state index contributed by atoms with van der Waals surface area (Å²) in [6.07, 6.45) is -2.14. The van der Waals surface area contributed by atoms with Crippen LogP contribution < -0.4 is 5.32 Å². The Morgan fingerprint density at radius 3 is 2.36 bits per heavy atom. The van der Waals surface area contributed by atoms with Gasteiger partial charge in [0.2, 0.25) is 0 Å². The average molecular weight is 305 g/mol. The maximum Gasteiger partial charge on any atom is 0.416 e. The number of rotatable bonds is 5. The first kappa shape index (κ1) is 15.1. The number of hydrogen-bond acceptors (Lipinski definition) is 1. The summed E-state index contributed by atoms with van der Waals surface area (Å²) >= 11 is 0. The Hall–Kier alpha value is -1.81. The molecular formula is C18H18F3N. The van der Waals surface area contributed by atoms with Crippen LogP contribution in [0.15, 0.2) is 54.6 Å². The Morgan fingerprint density at radius 2 is 1.73 bits per heavy atom. The lowest BCUT2D eigenvalue weighted by molar-refractivity contribution is -0.137. The maximum atomic E-state index is 12.9. The van der Waals surface area contributed by atoms with Crippen molar-refractivity contribution in [3.8, 4) is 0 Å². The topological polar surface area (TPSA) is 12.0 Å². The highest BCUT2D eigenvalue weighted by Gasteiger charge is 2.35. The molecule has 4 heteroatoms. The van der Waals surface area contributed by atoms with E-state index in [-0.39, 0.29) is 6.04 Å². The van der Waals surface area contributed by atoms with Gasteiger partial charge in [-0.15, -0.1) is 0 Å². The molecule has 0 aliphatic heterocycles. The lowest BCUT2D eigenvalue weighted by Crippen LogP contribution is -2.23. The van der Waals surface area contributed by atoms with Gasteiger partial charge in [-0.3, -0.25) is 0 Å². The third kappa shape index (κ3) is 3.69. The van der Waals surface area contributed by atoms with Gasteiger partial charge in [0.1, 0.15) is 0 Å². The van der Waals surface area contributed by atoms with Crippen molar-refractivity contribution >= 4 is 0 Å². The normalized spacial score (nSPS) is 16.5. The SMILES string of the molecule is FC(F)(F)c1cccc([C@H](NCc2ccccc2)C2CC2)c1. The zero-order valence-corrected chi connectivity index (χ0v) is 12.1. The van der Waals surface area contributed by atoms with Gasteiger partial charge < -0.3 is 5.32 Å². The molecule has 0 unspecified atom stereocenters. The predicted octanol–water partition coefficient (Wildman–Crippen LogP) is 4.95. The van der Waals surface area contributed by atoms with E-state index in [1.54, 1.807) is 6.07 Å². The van der Waals surface area contributed by atoms with Crippen LogP contribution in [0, 0.1) is 5.92 Å². The molecular weight excluding hydrogens is 287 g/mol. The van der Waals surface area contributed by atoms with E-state index in [1.165, 1.54) is 12.1 Å². The van der Waals surface area contributed by atoms with E-state index < -0.39 is 11.7 Å². The van der Waals surface area contributed by atoms with Crippen LogP contribution in [0.25, 0.3) is 0 Å². The summed E-state index contributed by atoms with van der Waals surface area (Å²) in [6.45, 7) is 0.665. The molecule has 1 saturated carbocycles. The lowest BCUT2D eigenvalue weighted by Gasteiger charge is -2.20. The molecule has 116 valence electrons. The Morgan fingerprint density at radius 1 is 1.00 bits per heavy atom. The molecule has 0 heterocycles. The summed E-state index contributed by atoms with van der Waals surface area (Å²) in [5, 5.41) is 3.43. The van der Waals surface area contributed by atoms with E-state index in [1.807, 2.05) is 30.3 Å². The van der Waals surface area contributed by atoms with Gasteiger partial charge in [0.25, 0.3) is 0 Å². The second-order valence-corrected chi connectivity index (χ2v) is 5.80. The summed E-state index contributed by atoms with van der Waals surface area (Å²) < 4.78 is 38.6. The fourth-order valence-electron chi connectivity index (χ4n) is 2.72. The fourth-order valence-corrected chi connectivity index (χ4v) is 2.72. The number of nitrogens with one attached hydrogen (secondary N) is 1. The molecule has 0 amide bonds. The van der Waals surface area contributed by atoms with Crippen LogP contribution in [0.3, 0.4) is 0 Å². The van der Waals surface area contributed by atoms with Crippen LogP contribution in [0.5, 0.6) is 0 Å². The highest BCUT2D eigenvalue weighted by Crippen LogP contribution is 2.42. The van der Waals surface area contributed by atoms with Gasteiger partial charge >= 0.3 is 6.18 Å². The van der Waals surface area contributed by atoms with Gasteiger partial charge in [-0.1, -0.05) is 42.5 Å². The molecule has 2 aromatic rings. The van der Waals surface area contributed by atoms with Crippen molar-refractivity contribution in [1.29, 1.82) is 0 Å². The molecule has 1 fully saturated rings. The number of hydrogen-bond donors (Lipinski definition) is 1. The van der Waals surface area contributed by atoms with Crippen LogP contribution in [-0.4, -0.2) is 0 Å². The molecule has 0 bridgehead atoms. The summed E-state index contributed by atoms with van der Waals surface area (Å²) in [6, 6.07) is 15.6. The van der Waals surface area contributed by atoms with Gasteiger partial charge in [0, 0.05) is 12.6 Å². The zero-order chi connectivity index (χ0) is 15.6. The van der Waals surface area contributed by atoms with Crippen LogP contribution in [-0.2, 0) is 12.7 Å². The van der Waals surface area contributed by atoms with E-state index in [9.17, 15) is 13.2 Å². The van der Waals surface area contributed by atoms with Crippen molar-refractivity contribution in [1.82, 2.24) is 5.32 Å². The largest absolute Gasteiger partial charge is 0.416 e. The summed E-state index contributed by atoms with van der Waals surface area (Å²) in [4.78, 5) is 0. The molecule has 22 heavy (non-hydrogen) atoms. The Labute approximate surface area is 128 Å². The minimum Gasteiger partial charge on any atom is -0.306 e. The van der Waals surface area contributed by atoms with Crippen molar-refractivity contribution in [3.63, 3.8) is 0 Å². The van der Waals surface area contributed by atoms with Crippen molar-refractivity contribution < 1.29 is 13.2 Å². The van der Waals surface area contributed by atoms with Gasteiger partial charge in [0.05, 0.1) is 5.56 Å². The van der Waals surface area contributed by atoms with Gasteiger partial charge in [-0.05, 0) is 42.0 Å². The van der Waals surface area contributed by atoms with Crippen molar-refractivity contribution in [2.45, 2.75) is 31.6 Å². The van der Waals surface area contributed by atoms with E-state index >= 15 is 0 Å². The average Bonchev–Trinajstić information content (AvgIpc) is 3.33. The Balaban J connectivity index is 1.77. The smallest absolute Gasteiger partial charge is 0.306 e. The monoisotopic (exact) mass is 305 g/mol. The molecule has 3 rings (SSSR count). The predicted molar refractivity (Wildman–Crippen MR) is 80.2 cm³/mol. The Kier molecular flexibility index (Phi) is 4.21. The minimum atomic E-state index is -4.29. The molecule has 1 aliphatic rings. The third-order valence-electron chi connectivity index (χ3n) is 4.04. The summed E-state index contributed by atoms with van der Waals surface area (Å²) in [5.41, 5.74) is 1.30. The molecule has 1 nitrogen and oxygen atoms in total. The van der Waals surface area contributed by atoms with E-state index in [0.717, 1.165) is 30.0 Å². The second kappa shape index (κ2) is 6.13. The molecule has 2 aromatic carbocycles. The highest BCUT2D eigenvalue weighted by molar-refractivity contribution is 5.29. The number of alkyl halides is 3. The third-order valence-corrected chi connectivity index (χ3v) is 4.04. The van der Waals surface area contributed by atoms with Crippen LogP contribution >= 0.6 is 0 Å². The molecule has 0 saturated heterocycles. The molecule has 1 N–H and O–H groups in total. The second-order valence-electron chi connectivity index (χ2n) is 5.80. The first-order valence-electron chi connectivity index (χ1n) is 7.48. The Bertz CT molecular complexity index is 618. The van der Waals surface area contributed by atoms with Crippen LogP contribution in [0.1, 0.15) is 35.6 Å². The van der Waals surface area contributed by atoms with Gasteiger partial charge in [0.15, 0.2) is 0 Å². The molecule has 0 radical (unpaired) electrons. The molecule has 1 atom stereocenters. The van der Waals surface area contributed by atoms with Crippen molar-refractivity contribution in [2.75, 3.05) is 0 Å². The molecule has 0 aromatic heterocycles. The standard InChI is InChI=1S/C18H18F3N/c19-18(20,21)16-8-4-7-15(11-16)17(14-9-10-14)22-12-13-5-2-1-3-6-13/h1-8,11,14,17,22H,9-10,12H2/t17-/m1/s1. The van der Waals surface area contributed by atoms with Crippen LogP contribution in [0.4, 0.5) is 13.2 Å². The minimum absolute atomic E-state index is 0.0116. The number of halogens is 3. The maximum absolute atomic E-state index is 12.9. The molecule has 0 spiro atoms. The van der Waals surface area contributed by atoms with E-state index in [2.05, 4.69) is 5.32 Å². The summed E-state index contributed by atoms with van der Waals surface area (Å²) in [5.74, 6) is 0.437. The van der Waals surface area contributed by atoms with Crippen molar-refractivity contribution in [2.24, 2.45) is 5.92 Å². The van der Waals surface area contributed by atoms with Crippen molar-refractivity contribution in [3.05, 3.63) is 71.3 Å². The first-order valence-corrected chi connectivity index (χ1v) is 7.48. The highest BCUT2D eigenvalue weighted by atomic mass is 19.4. The zero-order valence-electron chi connectivity index (χ0n) is 12.1. The first-order chi connectivity index (χ1) is 10.5. The summed E-state index contributed by atoms with van der Waals surface area (Å²) in [7, 11) is 0. The molecule has 1 aliphatic carbocycles. The van der Waals surface area contributed by atoms with E-state index in [4.69, 9.17) is 0 Å². The lowest BCUT2D eigenvalue weighted by atomic mass is 9.99. The fraction of sp³-hybridized carbons (Fsp3) is 0.333. The number of benzene rings is 2. The quantitative estimate of drug-likeness (QED) is 0.824. The van der Waals surface area contributed by atoms with Gasteiger partial charge in [-0.25, -0.2) is 0 Å². The van der Waals surface area contributed by atoms with Gasteiger partial charge in [-0.2, -0.15) is 13.2 Å². The van der Waals surface area contributed by atoms with Crippen LogP contribution in [0.2, 0.25) is 0 Å².